The molecule has 1 unspecified atom stereocenters. The second-order valence-corrected chi connectivity index (χ2v) is 5.39. The smallest absolute Gasteiger partial charge is 0.274 e. The zero-order chi connectivity index (χ0) is 9.10. The average molecular weight is 263 g/mol. The number of hydrogen-bond donors (Lipinski definition) is 1. The molecular formula is C8H11BrN2OS. The van der Waals surface area contributed by atoms with Crippen LogP contribution >= 0.6 is 27.3 Å². The summed E-state index contributed by atoms with van der Waals surface area (Å²) >= 11 is 4.89. The fourth-order valence-electron chi connectivity index (χ4n) is 1.36. The van der Waals surface area contributed by atoms with Gasteiger partial charge in [-0.1, -0.05) is 11.3 Å². The Morgan fingerprint density at radius 3 is 3.23 bits per heavy atom. The molecule has 1 N–H and O–H groups in total. The first-order valence-corrected chi connectivity index (χ1v) is 5.94. The number of aromatic nitrogens is 1. The van der Waals surface area contributed by atoms with Crippen LogP contribution in [0.15, 0.2) is 9.98 Å². The molecule has 1 aliphatic heterocycles. The van der Waals surface area contributed by atoms with E-state index in [0.717, 1.165) is 28.5 Å². The summed E-state index contributed by atoms with van der Waals surface area (Å²) in [5.74, 6) is 0. The van der Waals surface area contributed by atoms with Crippen LogP contribution in [0.4, 0.5) is 0 Å². The Bertz CT molecular complexity index is 273. The molecule has 0 bridgehead atoms. The van der Waals surface area contributed by atoms with E-state index in [9.17, 15) is 0 Å². The van der Waals surface area contributed by atoms with E-state index >= 15 is 0 Å². The summed E-state index contributed by atoms with van der Waals surface area (Å²) in [6.45, 7) is 2.05. The lowest BCUT2D eigenvalue weighted by molar-refractivity contribution is 0.166. The highest BCUT2D eigenvalue weighted by atomic mass is 79.9. The minimum absolute atomic E-state index is 0.298. The number of ether oxygens (including phenoxy) is 1. The molecule has 0 aromatic carbocycles. The van der Waals surface area contributed by atoms with Crippen LogP contribution in [0.1, 0.15) is 12.8 Å². The molecule has 1 fully saturated rings. The minimum Gasteiger partial charge on any atom is -0.465 e. The van der Waals surface area contributed by atoms with Crippen LogP contribution in [0.5, 0.6) is 5.19 Å². The molecule has 2 rings (SSSR count). The van der Waals surface area contributed by atoms with E-state index in [4.69, 9.17) is 4.74 Å². The molecule has 1 atom stereocenters. The fourth-order valence-corrected chi connectivity index (χ4v) is 2.44. The maximum atomic E-state index is 5.69. The molecule has 13 heavy (non-hydrogen) atoms. The van der Waals surface area contributed by atoms with Gasteiger partial charge in [0.25, 0.3) is 5.19 Å². The third kappa shape index (κ3) is 2.65. The monoisotopic (exact) mass is 262 g/mol. The summed E-state index contributed by atoms with van der Waals surface area (Å²) in [5, 5.41) is 4.07. The average Bonchev–Trinajstić information content (AvgIpc) is 2.53. The Morgan fingerprint density at radius 2 is 2.62 bits per heavy atom. The highest BCUT2D eigenvalue weighted by Gasteiger charge is 2.15. The number of nitrogens with one attached hydrogen (secondary N) is 1. The Balaban J connectivity index is 1.89. The van der Waals surface area contributed by atoms with Crippen molar-refractivity contribution >= 4 is 27.3 Å². The maximum Gasteiger partial charge on any atom is 0.274 e. The lowest BCUT2D eigenvalue weighted by Crippen LogP contribution is -2.37. The van der Waals surface area contributed by atoms with Crippen molar-refractivity contribution in [3.63, 3.8) is 0 Å². The van der Waals surface area contributed by atoms with Crippen molar-refractivity contribution in [1.29, 1.82) is 0 Å². The molecule has 2 heterocycles. The Hall–Kier alpha value is -0.130. The van der Waals surface area contributed by atoms with Gasteiger partial charge in [0.05, 0.1) is 9.98 Å². The predicted octanol–water partition coefficient (Wildman–Crippen LogP) is 2.04. The molecule has 0 radical (unpaired) electrons. The quantitative estimate of drug-likeness (QED) is 0.886. The lowest BCUT2D eigenvalue weighted by Gasteiger charge is -2.22. The molecule has 5 heteroatoms. The van der Waals surface area contributed by atoms with Crippen LogP contribution in [0.2, 0.25) is 0 Å². The van der Waals surface area contributed by atoms with E-state index in [0.29, 0.717) is 6.10 Å². The standard InChI is InChI=1S/C8H11BrN2OS/c9-7-5-11-8(13-7)12-6-2-1-3-10-4-6/h5-6,10H,1-4H2. The third-order valence-corrected chi connectivity index (χ3v) is 3.34. The van der Waals surface area contributed by atoms with Gasteiger partial charge >= 0.3 is 0 Å². The molecule has 1 aliphatic rings. The number of nitrogens with zero attached hydrogens (tertiary/aromatic N) is 1. The van der Waals surface area contributed by atoms with Crippen LogP contribution in [0.3, 0.4) is 0 Å². The number of thiazole rings is 1. The molecule has 0 spiro atoms. The molecule has 0 aliphatic carbocycles. The first-order valence-electron chi connectivity index (χ1n) is 4.33. The number of rotatable bonds is 2. The van der Waals surface area contributed by atoms with Gasteiger partial charge in [-0.3, -0.25) is 0 Å². The van der Waals surface area contributed by atoms with Crippen LogP contribution in [-0.2, 0) is 0 Å². The van der Waals surface area contributed by atoms with Gasteiger partial charge in [-0.2, -0.15) is 0 Å². The zero-order valence-electron chi connectivity index (χ0n) is 7.12. The zero-order valence-corrected chi connectivity index (χ0v) is 9.53. The molecule has 1 saturated heterocycles. The fraction of sp³-hybridized carbons (Fsp3) is 0.625. The van der Waals surface area contributed by atoms with Crippen molar-refractivity contribution in [2.75, 3.05) is 13.1 Å². The van der Waals surface area contributed by atoms with Crippen LogP contribution in [-0.4, -0.2) is 24.2 Å². The minimum atomic E-state index is 0.298. The summed E-state index contributed by atoms with van der Waals surface area (Å²) in [7, 11) is 0. The van der Waals surface area contributed by atoms with Crippen LogP contribution < -0.4 is 10.1 Å². The Labute approximate surface area is 89.6 Å². The predicted molar refractivity (Wildman–Crippen MR) is 56.3 cm³/mol. The van der Waals surface area contributed by atoms with Gasteiger partial charge in [-0.25, -0.2) is 4.98 Å². The summed E-state index contributed by atoms with van der Waals surface area (Å²) in [4.78, 5) is 4.13. The van der Waals surface area contributed by atoms with E-state index < -0.39 is 0 Å². The molecular weight excluding hydrogens is 252 g/mol. The van der Waals surface area contributed by atoms with Crippen molar-refractivity contribution in [2.45, 2.75) is 18.9 Å². The van der Waals surface area contributed by atoms with Gasteiger partial charge in [-0.15, -0.1) is 0 Å². The molecule has 1 aromatic heterocycles. The van der Waals surface area contributed by atoms with E-state index in [1.54, 1.807) is 6.20 Å². The summed E-state index contributed by atoms with van der Waals surface area (Å²) in [6, 6.07) is 0. The normalized spacial score (nSPS) is 23.0. The maximum absolute atomic E-state index is 5.69. The second-order valence-electron chi connectivity index (χ2n) is 3.02. The molecule has 0 amide bonds. The summed E-state index contributed by atoms with van der Waals surface area (Å²) in [6.07, 6.45) is 4.39. The van der Waals surface area contributed by atoms with E-state index in [-0.39, 0.29) is 0 Å². The third-order valence-electron chi connectivity index (χ3n) is 1.98. The van der Waals surface area contributed by atoms with Crippen molar-refractivity contribution in [3.8, 4) is 5.19 Å². The summed E-state index contributed by atoms with van der Waals surface area (Å²) < 4.78 is 6.71. The van der Waals surface area contributed by atoms with E-state index in [1.807, 2.05) is 0 Å². The number of piperidine rings is 1. The van der Waals surface area contributed by atoms with Crippen LogP contribution in [0.25, 0.3) is 0 Å². The topological polar surface area (TPSA) is 34.1 Å². The SMILES string of the molecule is Brc1cnc(OC2CCCNC2)s1. The molecule has 3 nitrogen and oxygen atoms in total. The van der Waals surface area contributed by atoms with Gasteiger partial charge in [0.15, 0.2) is 0 Å². The van der Waals surface area contributed by atoms with Gasteiger partial charge < -0.3 is 10.1 Å². The first kappa shape index (κ1) is 9.43. The van der Waals surface area contributed by atoms with Gasteiger partial charge in [-0.05, 0) is 35.3 Å². The van der Waals surface area contributed by atoms with Gasteiger partial charge in [0.2, 0.25) is 0 Å². The first-order chi connectivity index (χ1) is 6.34. The second kappa shape index (κ2) is 4.39. The van der Waals surface area contributed by atoms with Gasteiger partial charge in [0.1, 0.15) is 6.10 Å². The summed E-state index contributed by atoms with van der Waals surface area (Å²) in [5.41, 5.74) is 0. The van der Waals surface area contributed by atoms with E-state index in [1.165, 1.54) is 17.8 Å². The molecule has 1 aromatic rings. The van der Waals surface area contributed by atoms with Crippen LogP contribution in [0, 0.1) is 0 Å². The van der Waals surface area contributed by atoms with Crippen molar-refractivity contribution in [3.05, 3.63) is 9.98 Å². The highest BCUT2D eigenvalue weighted by molar-refractivity contribution is 9.11. The van der Waals surface area contributed by atoms with E-state index in [2.05, 4.69) is 26.2 Å². The molecule has 72 valence electrons. The molecule has 0 saturated carbocycles. The Morgan fingerprint density at radius 1 is 1.69 bits per heavy atom. The number of halogens is 1. The number of hydrogen-bond acceptors (Lipinski definition) is 4. The van der Waals surface area contributed by atoms with Crippen molar-refractivity contribution in [2.24, 2.45) is 0 Å². The largest absolute Gasteiger partial charge is 0.465 e. The highest BCUT2D eigenvalue weighted by Crippen LogP contribution is 2.26. The van der Waals surface area contributed by atoms with Crippen molar-refractivity contribution in [1.82, 2.24) is 10.3 Å². The Kier molecular flexibility index (Phi) is 3.18. The van der Waals surface area contributed by atoms with Crippen molar-refractivity contribution < 1.29 is 4.74 Å². The lowest BCUT2D eigenvalue weighted by atomic mass is 10.1. The van der Waals surface area contributed by atoms with Gasteiger partial charge in [0, 0.05) is 6.54 Å².